The Hall–Kier alpha value is -3.88. The first-order chi connectivity index (χ1) is 16.9. The van der Waals surface area contributed by atoms with Crippen molar-refractivity contribution in [2.24, 2.45) is 10.9 Å². The number of anilines is 3. The van der Waals surface area contributed by atoms with E-state index in [4.69, 9.17) is 20.7 Å². The zero-order chi connectivity index (χ0) is 24.5. The number of nitrogen functional groups attached to an aromatic ring is 1. The molecule has 1 aliphatic heterocycles. The standard InChI is InChI=1S/C26H31N9/c1-5-20-22(23(17-6-7-17)32-14-31-20)25-30-12-21-26(34-25)35(13-15(2)3)16(4)24(33-21)29-11-19-9-8-18(27)10-28-19/h8-10,12,14-15,17H,4-7,11,13,27H2,1-3H3,(H,29,33). The number of aryl methyl sites for hydroxylation is 1. The number of fused-ring (bicyclic) bond motifs is 1. The fraction of sp³-hybridized carbons (Fsp3) is 0.385. The molecule has 0 bridgehead atoms. The largest absolute Gasteiger partial charge is 0.397 e. The molecule has 0 saturated heterocycles. The van der Waals surface area contributed by atoms with E-state index in [0.29, 0.717) is 35.7 Å². The number of rotatable bonds is 7. The van der Waals surface area contributed by atoms with Crippen molar-refractivity contribution in [3.05, 3.63) is 60.2 Å². The van der Waals surface area contributed by atoms with Crippen LogP contribution in [0.3, 0.4) is 0 Å². The molecule has 1 fully saturated rings. The monoisotopic (exact) mass is 469 g/mol. The highest BCUT2D eigenvalue weighted by Crippen LogP contribution is 2.44. The molecule has 3 aromatic heterocycles. The van der Waals surface area contributed by atoms with Crippen LogP contribution in [0.2, 0.25) is 0 Å². The maximum absolute atomic E-state index is 5.75. The van der Waals surface area contributed by atoms with Gasteiger partial charge in [0.1, 0.15) is 17.9 Å². The van der Waals surface area contributed by atoms with Gasteiger partial charge in [-0.05, 0) is 37.3 Å². The van der Waals surface area contributed by atoms with Crippen LogP contribution in [-0.2, 0) is 13.0 Å². The van der Waals surface area contributed by atoms with Crippen molar-refractivity contribution in [3.8, 4) is 11.4 Å². The SMILES string of the molecule is C=C1C(=NCc2ccc(N)cn2)Nc2cnc(-c3c(CC)ncnc3C3CC3)nc2N1CC(C)C. The Morgan fingerprint density at radius 2 is 2.00 bits per heavy atom. The van der Waals surface area contributed by atoms with E-state index in [-0.39, 0.29) is 0 Å². The number of amidine groups is 1. The molecule has 0 spiro atoms. The van der Waals surface area contributed by atoms with E-state index in [9.17, 15) is 0 Å². The lowest BCUT2D eigenvalue weighted by molar-refractivity contribution is 0.640. The summed E-state index contributed by atoms with van der Waals surface area (Å²) >= 11 is 0. The van der Waals surface area contributed by atoms with E-state index < -0.39 is 0 Å². The second kappa shape index (κ2) is 9.40. The van der Waals surface area contributed by atoms with Gasteiger partial charge >= 0.3 is 0 Å². The van der Waals surface area contributed by atoms with Gasteiger partial charge < -0.3 is 16.0 Å². The summed E-state index contributed by atoms with van der Waals surface area (Å²) in [7, 11) is 0. The molecule has 0 amide bonds. The zero-order valence-corrected chi connectivity index (χ0v) is 20.5. The summed E-state index contributed by atoms with van der Waals surface area (Å²) < 4.78 is 0. The van der Waals surface area contributed by atoms with E-state index in [1.165, 1.54) is 0 Å². The minimum absolute atomic E-state index is 0.393. The summed E-state index contributed by atoms with van der Waals surface area (Å²) in [4.78, 5) is 30.2. The fourth-order valence-electron chi connectivity index (χ4n) is 4.24. The summed E-state index contributed by atoms with van der Waals surface area (Å²) in [5.74, 6) is 3.01. The highest BCUT2D eigenvalue weighted by Gasteiger charge is 2.32. The van der Waals surface area contributed by atoms with Crippen LogP contribution in [0.1, 0.15) is 56.6 Å². The van der Waals surface area contributed by atoms with Gasteiger partial charge in [0, 0.05) is 12.5 Å². The number of hydrogen-bond donors (Lipinski definition) is 2. The molecule has 0 unspecified atom stereocenters. The molecule has 1 saturated carbocycles. The fourth-order valence-corrected chi connectivity index (χ4v) is 4.24. The van der Waals surface area contributed by atoms with Gasteiger partial charge in [-0.1, -0.05) is 27.4 Å². The molecule has 4 heterocycles. The van der Waals surface area contributed by atoms with Crippen molar-refractivity contribution in [1.29, 1.82) is 0 Å². The van der Waals surface area contributed by atoms with Crippen LogP contribution in [-0.4, -0.2) is 37.3 Å². The third-order valence-electron chi connectivity index (χ3n) is 6.15. The van der Waals surface area contributed by atoms with Crippen LogP contribution in [0, 0.1) is 5.92 Å². The van der Waals surface area contributed by atoms with E-state index >= 15 is 0 Å². The Balaban J connectivity index is 1.53. The highest BCUT2D eigenvalue weighted by molar-refractivity contribution is 6.14. The van der Waals surface area contributed by atoms with Gasteiger partial charge in [-0.2, -0.15) is 0 Å². The number of nitrogens with zero attached hydrogens (tertiary/aromatic N) is 7. The minimum Gasteiger partial charge on any atom is -0.397 e. The molecule has 0 atom stereocenters. The van der Waals surface area contributed by atoms with Gasteiger partial charge in [0.2, 0.25) is 0 Å². The second-order valence-electron chi connectivity index (χ2n) is 9.46. The zero-order valence-electron chi connectivity index (χ0n) is 20.5. The Morgan fingerprint density at radius 3 is 2.69 bits per heavy atom. The number of nitrogens with two attached hydrogens (primary N) is 1. The molecule has 180 valence electrons. The molecule has 0 aromatic carbocycles. The van der Waals surface area contributed by atoms with Crippen molar-refractivity contribution >= 4 is 23.0 Å². The lowest BCUT2D eigenvalue weighted by Crippen LogP contribution is -2.38. The van der Waals surface area contributed by atoms with Crippen molar-refractivity contribution in [2.45, 2.75) is 52.5 Å². The summed E-state index contributed by atoms with van der Waals surface area (Å²) in [5.41, 5.74) is 11.8. The summed E-state index contributed by atoms with van der Waals surface area (Å²) in [6.07, 6.45) is 8.24. The molecule has 5 rings (SSSR count). The normalized spacial score (nSPS) is 16.5. The Bertz CT molecular complexity index is 1280. The first-order valence-corrected chi connectivity index (χ1v) is 12.1. The molecule has 3 N–H and O–H groups in total. The first-order valence-electron chi connectivity index (χ1n) is 12.1. The predicted molar refractivity (Wildman–Crippen MR) is 139 cm³/mol. The smallest absolute Gasteiger partial charge is 0.165 e. The molecular weight excluding hydrogens is 438 g/mol. The van der Waals surface area contributed by atoms with Gasteiger partial charge in [-0.15, -0.1) is 0 Å². The minimum atomic E-state index is 0.393. The van der Waals surface area contributed by atoms with Crippen molar-refractivity contribution in [1.82, 2.24) is 24.9 Å². The quantitative estimate of drug-likeness (QED) is 0.524. The summed E-state index contributed by atoms with van der Waals surface area (Å²) in [6.45, 7) is 12.0. The van der Waals surface area contributed by atoms with Crippen LogP contribution in [0.25, 0.3) is 11.4 Å². The van der Waals surface area contributed by atoms with E-state index in [1.807, 2.05) is 18.3 Å². The van der Waals surface area contributed by atoms with Crippen molar-refractivity contribution < 1.29 is 0 Å². The van der Waals surface area contributed by atoms with Crippen LogP contribution >= 0.6 is 0 Å². The van der Waals surface area contributed by atoms with E-state index in [1.54, 1.807) is 12.5 Å². The number of aromatic nitrogens is 5. The lowest BCUT2D eigenvalue weighted by Gasteiger charge is -2.34. The van der Waals surface area contributed by atoms with Gasteiger partial charge in [-0.3, -0.25) is 9.98 Å². The molecule has 35 heavy (non-hydrogen) atoms. The number of nitrogens with one attached hydrogen (secondary N) is 1. The number of hydrogen-bond acceptors (Lipinski definition) is 8. The Labute approximate surface area is 205 Å². The molecule has 0 radical (unpaired) electrons. The topological polar surface area (TPSA) is 118 Å². The molecule has 2 aliphatic rings. The van der Waals surface area contributed by atoms with E-state index in [2.05, 4.69) is 52.5 Å². The van der Waals surface area contributed by atoms with Gasteiger partial charge in [-0.25, -0.2) is 19.9 Å². The first kappa shape index (κ1) is 22.9. The molecule has 9 nitrogen and oxygen atoms in total. The third-order valence-corrected chi connectivity index (χ3v) is 6.15. The lowest BCUT2D eigenvalue weighted by atomic mass is 10.1. The van der Waals surface area contributed by atoms with Crippen LogP contribution < -0.4 is 16.0 Å². The number of aliphatic imine (C=N–C) groups is 1. The summed E-state index contributed by atoms with van der Waals surface area (Å²) in [5, 5.41) is 3.39. The molecule has 3 aromatic rings. The maximum Gasteiger partial charge on any atom is 0.165 e. The van der Waals surface area contributed by atoms with Crippen molar-refractivity contribution in [2.75, 3.05) is 22.5 Å². The Kier molecular flexibility index (Phi) is 6.15. The summed E-state index contributed by atoms with van der Waals surface area (Å²) in [6, 6.07) is 3.71. The second-order valence-corrected chi connectivity index (χ2v) is 9.46. The van der Waals surface area contributed by atoms with E-state index in [0.717, 1.165) is 65.7 Å². The average molecular weight is 470 g/mol. The average Bonchev–Trinajstić information content (AvgIpc) is 3.70. The molecule has 9 heteroatoms. The highest BCUT2D eigenvalue weighted by atomic mass is 15.3. The van der Waals surface area contributed by atoms with Crippen LogP contribution in [0.15, 0.2) is 48.1 Å². The predicted octanol–water partition coefficient (Wildman–Crippen LogP) is 4.35. The Morgan fingerprint density at radius 1 is 1.17 bits per heavy atom. The van der Waals surface area contributed by atoms with Crippen LogP contribution in [0.5, 0.6) is 0 Å². The van der Waals surface area contributed by atoms with Crippen LogP contribution in [0.4, 0.5) is 17.2 Å². The van der Waals surface area contributed by atoms with Gasteiger partial charge in [0.15, 0.2) is 11.6 Å². The third kappa shape index (κ3) is 4.71. The van der Waals surface area contributed by atoms with Gasteiger partial charge in [0.05, 0.1) is 53.0 Å². The van der Waals surface area contributed by atoms with Gasteiger partial charge in [0.25, 0.3) is 0 Å². The maximum atomic E-state index is 5.75. The number of pyridine rings is 1. The molecule has 1 aliphatic carbocycles. The molecular formula is C26H31N9. The van der Waals surface area contributed by atoms with Crippen molar-refractivity contribution in [3.63, 3.8) is 0 Å².